The van der Waals surface area contributed by atoms with Gasteiger partial charge in [-0.3, -0.25) is 0 Å². The fourth-order valence-electron chi connectivity index (χ4n) is 5.04. The molecule has 0 radical (unpaired) electrons. The summed E-state index contributed by atoms with van der Waals surface area (Å²) in [6.45, 7) is 15.6. The Morgan fingerprint density at radius 3 is 1.32 bits per heavy atom. The number of rotatable bonds is 18. The van der Waals surface area contributed by atoms with Crippen LogP contribution in [0.25, 0.3) is 21.9 Å². The van der Waals surface area contributed by atoms with Crippen LogP contribution in [0.2, 0.25) is 0 Å². The lowest BCUT2D eigenvalue weighted by atomic mass is 10.1. The largest absolute Gasteiger partial charge is 0.462 e. The highest BCUT2D eigenvalue weighted by Crippen LogP contribution is 2.30. The number of fused-ring (bicyclic) bond motifs is 3. The van der Waals surface area contributed by atoms with Gasteiger partial charge in [-0.2, -0.15) is 0 Å². The molecule has 7 nitrogen and oxygen atoms in total. The van der Waals surface area contributed by atoms with Crippen molar-refractivity contribution in [2.45, 2.75) is 66.2 Å². The van der Waals surface area contributed by atoms with Crippen LogP contribution in [0.1, 0.15) is 86.9 Å². The van der Waals surface area contributed by atoms with Gasteiger partial charge in [-0.05, 0) is 101 Å². The first kappa shape index (κ1) is 36.7. The topological polar surface area (TPSA) is 72.2 Å². The van der Waals surface area contributed by atoms with Crippen LogP contribution in [-0.2, 0) is 9.47 Å². The van der Waals surface area contributed by atoms with E-state index in [-0.39, 0.29) is 36.8 Å². The molecule has 1 heterocycles. The van der Waals surface area contributed by atoms with Crippen LogP contribution in [0.3, 0.4) is 0 Å². The second kappa shape index (κ2) is 19.7. The summed E-state index contributed by atoms with van der Waals surface area (Å²) in [6, 6.07) is 10.6. The second-order valence-electron chi connectivity index (χ2n) is 10.2. The summed E-state index contributed by atoms with van der Waals surface area (Å²) >= 11 is 0. The first-order valence-electron chi connectivity index (χ1n) is 14.8. The first-order valence-corrected chi connectivity index (χ1v) is 14.8. The number of ether oxygens (including phenoxy) is 2. The number of nitrogens with zero attached hydrogens (tertiary/aromatic N) is 2. The van der Waals surface area contributed by atoms with Crippen LogP contribution >= 0.6 is 24.8 Å². The highest BCUT2D eigenvalue weighted by atomic mass is 35.5. The van der Waals surface area contributed by atoms with Gasteiger partial charge in [0, 0.05) is 23.9 Å². The molecular formula is C32H48Cl2N2O5. The molecule has 41 heavy (non-hydrogen) atoms. The summed E-state index contributed by atoms with van der Waals surface area (Å²) in [7, 11) is 0. The van der Waals surface area contributed by atoms with Gasteiger partial charge in [0.05, 0.1) is 24.3 Å². The fourth-order valence-corrected chi connectivity index (χ4v) is 5.04. The second-order valence-corrected chi connectivity index (χ2v) is 10.2. The Morgan fingerprint density at radius 2 is 0.976 bits per heavy atom. The smallest absolute Gasteiger partial charge is 0.338 e. The van der Waals surface area contributed by atoms with Crippen molar-refractivity contribution in [2.24, 2.45) is 0 Å². The van der Waals surface area contributed by atoms with Gasteiger partial charge in [0.1, 0.15) is 11.2 Å². The molecule has 2 aromatic carbocycles. The number of esters is 2. The van der Waals surface area contributed by atoms with Gasteiger partial charge >= 0.3 is 11.9 Å². The number of carbonyl (C=O) groups excluding carboxylic acids is 2. The molecule has 1 aromatic heterocycles. The van der Waals surface area contributed by atoms with Gasteiger partial charge < -0.3 is 23.7 Å². The number of benzene rings is 2. The average molecular weight is 612 g/mol. The molecule has 0 aliphatic rings. The number of carbonyl (C=O) groups is 2. The summed E-state index contributed by atoms with van der Waals surface area (Å²) in [5.41, 5.74) is 2.27. The van der Waals surface area contributed by atoms with Crippen LogP contribution in [-0.4, -0.2) is 74.2 Å². The van der Waals surface area contributed by atoms with E-state index in [1.807, 2.05) is 0 Å². The summed E-state index contributed by atoms with van der Waals surface area (Å²) < 4.78 is 17.1. The van der Waals surface area contributed by atoms with Gasteiger partial charge in [0.2, 0.25) is 0 Å². The van der Waals surface area contributed by atoms with Crippen molar-refractivity contribution in [3.63, 3.8) is 0 Å². The van der Waals surface area contributed by atoms with Crippen LogP contribution in [0.15, 0.2) is 40.8 Å². The minimum absolute atomic E-state index is 0. The van der Waals surface area contributed by atoms with Crippen molar-refractivity contribution in [1.29, 1.82) is 0 Å². The van der Waals surface area contributed by atoms with E-state index in [4.69, 9.17) is 13.9 Å². The van der Waals surface area contributed by atoms with E-state index in [9.17, 15) is 9.59 Å². The van der Waals surface area contributed by atoms with E-state index in [1.54, 1.807) is 36.4 Å². The van der Waals surface area contributed by atoms with Crippen LogP contribution < -0.4 is 0 Å². The molecule has 0 spiro atoms. The molecule has 0 saturated heterocycles. The van der Waals surface area contributed by atoms with Crippen molar-refractivity contribution >= 4 is 58.7 Å². The van der Waals surface area contributed by atoms with Crippen molar-refractivity contribution < 1.29 is 23.5 Å². The molecule has 9 heteroatoms. The summed E-state index contributed by atoms with van der Waals surface area (Å²) in [6.07, 6.45) is 6.10. The molecule has 0 bridgehead atoms. The van der Waals surface area contributed by atoms with Crippen molar-refractivity contribution in [3.8, 4) is 0 Å². The lowest BCUT2D eigenvalue weighted by Gasteiger charge is -2.20. The van der Waals surface area contributed by atoms with E-state index in [0.717, 1.165) is 88.6 Å². The first-order chi connectivity index (χ1) is 19.0. The molecule has 0 unspecified atom stereocenters. The Balaban J connectivity index is 0.00000420. The van der Waals surface area contributed by atoms with Crippen LogP contribution in [0, 0.1) is 0 Å². The zero-order valence-corrected chi connectivity index (χ0v) is 26.7. The number of furan rings is 1. The summed E-state index contributed by atoms with van der Waals surface area (Å²) in [5, 5.41) is 1.56. The SMILES string of the molecule is CCCN(CCC)CCCOC(=O)c1ccc2oc3ccc(C(=O)OCCCN(CCC)CCC)cc3c2c1.Cl.Cl. The minimum atomic E-state index is -0.348. The highest BCUT2D eigenvalue weighted by molar-refractivity contribution is 6.09. The van der Waals surface area contributed by atoms with Crippen molar-refractivity contribution in [2.75, 3.05) is 52.5 Å². The molecule has 0 N–H and O–H groups in total. The average Bonchev–Trinajstić information content (AvgIpc) is 3.30. The molecule has 3 aromatic rings. The number of halogens is 2. The highest BCUT2D eigenvalue weighted by Gasteiger charge is 2.16. The van der Waals surface area contributed by atoms with Gasteiger partial charge in [-0.1, -0.05) is 27.7 Å². The molecular weight excluding hydrogens is 563 g/mol. The van der Waals surface area contributed by atoms with Crippen LogP contribution in [0.5, 0.6) is 0 Å². The Morgan fingerprint density at radius 1 is 0.610 bits per heavy atom. The van der Waals surface area contributed by atoms with E-state index < -0.39 is 0 Å². The molecule has 0 aliphatic heterocycles. The molecule has 0 aliphatic carbocycles. The Labute approximate surface area is 257 Å². The van der Waals surface area contributed by atoms with Crippen molar-refractivity contribution in [3.05, 3.63) is 47.5 Å². The normalized spacial score (nSPS) is 11.1. The molecule has 3 rings (SSSR count). The predicted octanol–water partition coefficient (Wildman–Crippen LogP) is 7.77. The maximum absolute atomic E-state index is 12.8. The predicted molar refractivity (Wildman–Crippen MR) is 172 cm³/mol. The summed E-state index contributed by atoms with van der Waals surface area (Å²) in [4.78, 5) is 30.3. The zero-order valence-electron chi connectivity index (χ0n) is 25.1. The van der Waals surface area contributed by atoms with E-state index in [2.05, 4.69) is 37.5 Å². The van der Waals surface area contributed by atoms with Gasteiger partial charge in [0.15, 0.2) is 0 Å². The number of hydrogen-bond acceptors (Lipinski definition) is 7. The Bertz CT molecular complexity index is 1100. The lowest BCUT2D eigenvalue weighted by Crippen LogP contribution is -2.27. The third-order valence-electron chi connectivity index (χ3n) is 6.80. The zero-order chi connectivity index (χ0) is 28.0. The Hall–Kier alpha value is -2.32. The monoisotopic (exact) mass is 610 g/mol. The van der Waals surface area contributed by atoms with Gasteiger partial charge in [-0.15, -0.1) is 24.8 Å². The number of hydrogen-bond donors (Lipinski definition) is 0. The third kappa shape index (κ3) is 11.1. The maximum Gasteiger partial charge on any atom is 0.338 e. The molecule has 0 amide bonds. The van der Waals surface area contributed by atoms with Crippen LogP contribution in [0.4, 0.5) is 0 Å². The summed E-state index contributed by atoms with van der Waals surface area (Å²) in [5.74, 6) is -0.695. The molecule has 0 saturated carbocycles. The lowest BCUT2D eigenvalue weighted by molar-refractivity contribution is 0.0479. The molecule has 230 valence electrons. The molecule has 0 atom stereocenters. The Kier molecular flexibility index (Phi) is 17.7. The van der Waals surface area contributed by atoms with Gasteiger partial charge in [0.25, 0.3) is 0 Å². The minimum Gasteiger partial charge on any atom is -0.462 e. The fraction of sp³-hybridized carbons (Fsp3) is 0.562. The van der Waals surface area contributed by atoms with Crippen molar-refractivity contribution in [1.82, 2.24) is 9.80 Å². The quantitative estimate of drug-likeness (QED) is 0.108. The third-order valence-corrected chi connectivity index (χ3v) is 6.80. The standard InChI is InChI=1S/C32H46N2O5.2ClH/c1-5-15-33(16-6-2)19-9-21-37-31(35)25-11-13-29-27(23-25)28-24-26(12-14-30(28)39-29)32(36)38-22-10-20-34(17-7-3)18-8-4;;/h11-14,23-24H,5-10,15-22H2,1-4H3;2*1H. The van der Waals surface area contributed by atoms with E-state index in [1.165, 1.54) is 0 Å². The van der Waals surface area contributed by atoms with E-state index >= 15 is 0 Å². The molecule has 0 fully saturated rings. The van der Waals surface area contributed by atoms with E-state index in [0.29, 0.717) is 35.5 Å². The van der Waals surface area contributed by atoms with Gasteiger partial charge in [-0.25, -0.2) is 9.59 Å². The maximum atomic E-state index is 12.8.